The number of nitriles is 1. The van der Waals surface area contributed by atoms with Crippen molar-refractivity contribution < 1.29 is 21.6 Å². The normalized spacial score (nSPS) is 11.2. The predicted molar refractivity (Wildman–Crippen MR) is 71.5 cm³/mol. The second-order valence-electron chi connectivity index (χ2n) is 4.35. The number of rotatable bonds is 4. The van der Waals surface area contributed by atoms with E-state index in [2.05, 4.69) is 0 Å². The number of sulfonamides is 1. The largest absolute Gasteiger partial charge is 0.241 e. The standard InChI is InChI=1S/C14H9F3N2O2S/c15-11-4-12(16)6-13(5-11)22(20,21)19-8-10-2-1-9(7-18)3-14(10)17/h1-6,19H,8H2. The number of halogens is 3. The molecule has 0 saturated heterocycles. The first kappa shape index (κ1) is 16.0. The Morgan fingerprint density at radius 3 is 2.23 bits per heavy atom. The highest BCUT2D eigenvalue weighted by molar-refractivity contribution is 7.89. The molecule has 0 aromatic heterocycles. The van der Waals surface area contributed by atoms with E-state index in [-0.39, 0.29) is 11.1 Å². The molecule has 2 rings (SSSR count). The van der Waals surface area contributed by atoms with Gasteiger partial charge >= 0.3 is 0 Å². The lowest BCUT2D eigenvalue weighted by molar-refractivity contribution is 0.558. The van der Waals surface area contributed by atoms with Gasteiger partial charge in [-0.15, -0.1) is 0 Å². The molecule has 114 valence electrons. The molecule has 0 spiro atoms. The Balaban J connectivity index is 2.21. The van der Waals surface area contributed by atoms with E-state index in [0.717, 1.165) is 6.07 Å². The maximum atomic E-state index is 13.6. The zero-order chi connectivity index (χ0) is 16.3. The molecule has 4 nitrogen and oxygen atoms in total. The lowest BCUT2D eigenvalue weighted by atomic mass is 10.1. The number of benzene rings is 2. The third-order valence-corrected chi connectivity index (χ3v) is 4.16. The van der Waals surface area contributed by atoms with Crippen LogP contribution < -0.4 is 4.72 Å². The first-order valence-electron chi connectivity index (χ1n) is 5.96. The zero-order valence-electron chi connectivity index (χ0n) is 11.0. The van der Waals surface area contributed by atoms with Crippen molar-refractivity contribution >= 4 is 10.0 Å². The van der Waals surface area contributed by atoms with Gasteiger partial charge < -0.3 is 0 Å². The maximum Gasteiger partial charge on any atom is 0.241 e. The minimum atomic E-state index is -4.20. The monoisotopic (exact) mass is 326 g/mol. The Labute approximate surface area is 124 Å². The van der Waals surface area contributed by atoms with Crippen LogP contribution in [0.5, 0.6) is 0 Å². The average molecular weight is 326 g/mol. The molecule has 0 heterocycles. The summed E-state index contributed by atoms with van der Waals surface area (Å²) in [5.41, 5.74) is 0.0933. The lowest BCUT2D eigenvalue weighted by Crippen LogP contribution is -2.24. The van der Waals surface area contributed by atoms with Crippen LogP contribution in [0.4, 0.5) is 13.2 Å². The van der Waals surface area contributed by atoms with Crippen molar-refractivity contribution in [3.05, 3.63) is 65.0 Å². The van der Waals surface area contributed by atoms with E-state index >= 15 is 0 Å². The molecule has 0 fully saturated rings. The number of hydrogen-bond donors (Lipinski definition) is 1. The first-order valence-corrected chi connectivity index (χ1v) is 7.44. The van der Waals surface area contributed by atoms with E-state index in [9.17, 15) is 21.6 Å². The molecule has 0 aliphatic rings. The number of nitrogens with one attached hydrogen (secondary N) is 1. The Kier molecular flexibility index (Phi) is 4.49. The molecule has 1 N–H and O–H groups in total. The van der Waals surface area contributed by atoms with Crippen LogP contribution in [0, 0.1) is 28.8 Å². The van der Waals surface area contributed by atoms with E-state index < -0.39 is 38.9 Å². The summed E-state index contributed by atoms with van der Waals surface area (Å²) < 4.78 is 65.6. The second kappa shape index (κ2) is 6.17. The lowest BCUT2D eigenvalue weighted by Gasteiger charge is -2.08. The molecule has 0 saturated carbocycles. The van der Waals surface area contributed by atoms with Gasteiger partial charge in [0.2, 0.25) is 10.0 Å². The smallest absolute Gasteiger partial charge is 0.207 e. The fourth-order valence-corrected chi connectivity index (χ4v) is 2.75. The molecule has 2 aromatic carbocycles. The molecule has 0 amide bonds. The van der Waals surface area contributed by atoms with E-state index in [1.54, 1.807) is 6.07 Å². The molecule has 0 aliphatic carbocycles. The van der Waals surface area contributed by atoms with Crippen molar-refractivity contribution in [3.63, 3.8) is 0 Å². The number of hydrogen-bond acceptors (Lipinski definition) is 3. The summed E-state index contributed by atoms with van der Waals surface area (Å²) in [4.78, 5) is -0.598. The highest BCUT2D eigenvalue weighted by Gasteiger charge is 2.17. The van der Waals surface area contributed by atoms with E-state index in [1.807, 2.05) is 4.72 Å². The van der Waals surface area contributed by atoms with Gasteiger partial charge in [-0.3, -0.25) is 0 Å². The summed E-state index contributed by atoms with van der Waals surface area (Å²) in [6.07, 6.45) is 0. The predicted octanol–water partition coefficient (Wildman–Crippen LogP) is 2.45. The van der Waals surface area contributed by atoms with Crippen LogP contribution in [-0.2, 0) is 16.6 Å². The molecule has 2 aromatic rings. The molecule has 0 radical (unpaired) electrons. The van der Waals surface area contributed by atoms with Gasteiger partial charge in [0.1, 0.15) is 17.5 Å². The maximum absolute atomic E-state index is 13.6. The summed E-state index contributed by atoms with van der Waals surface area (Å²) in [6, 6.07) is 7.14. The SMILES string of the molecule is N#Cc1ccc(CNS(=O)(=O)c2cc(F)cc(F)c2)c(F)c1. The summed E-state index contributed by atoms with van der Waals surface area (Å²) in [6.45, 7) is -0.419. The van der Waals surface area contributed by atoms with Gasteiger partial charge in [0.15, 0.2) is 0 Å². The Morgan fingerprint density at radius 2 is 1.68 bits per heavy atom. The molecular formula is C14H9F3N2O2S. The van der Waals surface area contributed by atoms with Crippen LogP contribution in [-0.4, -0.2) is 8.42 Å². The van der Waals surface area contributed by atoms with Crippen LogP contribution in [0.3, 0.4) is 0 Å². The van der Waals surface area contributed by atoms with Gasteiger partial charge in [0.05, 0.1) is 16.5 Å². The van der Waals surface area contributed by atoms with Gasteiger partial charge in [0, 0.05) is 18.2 Å². The fourth-order valence-electron chi connectivity index (χ4n) is 1.70. The molecule has 22 heavy (non-hydrogen) atoms. The summed E-state index contributed by atoms with van der Waals surface area (Å²) in [7, 11) is -4.20. The molecule has 8 heteroatoms. The Bertz CT molecular complexity index is 841. The zero-order valence-corrected chi connectivity index (χ0v) is 11.8. The summed E-state index contributed by atoms with van der Waals surface area (Å²) >= 11 is 0. The van der Waals surface area contributed by atoms with E-state index in [1.165, 1.54) is 12.1 Å². The summed E-state index contributed by atoms with van der Waals surface area (Å²) in [5.74, 6) is -2.83. The van der Waals surface area contributed by atoms with E-state index in [0.29, 0.717) is 18.2 Å². The molecule has 0 atom stereocenters. The Hall–Kier alpha value is -2.37. The molecule has 0 aliphatic heterocycles. The minimum Gasteiger partial charge on any atom is -0.207 e. The Morgan fingerprint density at radius 1 is 1.05 bits per heavy atom. The first-order chi connectivity index (χ1) is 10.3. The van der Waals surface area contributed by atoms with Crippen molar-refractivity contribution in [3.8, 4) is 6.07 Å². The van der Waals surface area contributed by atoms with Crippen molar-refractivity contribution in [2.75, 3.05) is 0 Å². The van der Waals surface area contributed by atoms with Gasteiger partial charge in [-0.05, 0) is 24.3 Å². The fraction of sp³-hybridized carbons (Fsp3) is 0.0714. The topological polar surface area (TPSA) is 70.0 Å². The van der Waals surface area contributed by atoms with Crippen molar-refractivity contribution in [1.82, 2.24) is 4.72 Å². The van der Waals surface area contributed by atoms with Gasteiger partial charge in [-0.2, -0.15) is 5.26 Å². The van der Waals surface area contributed by atoms with Crippen LogP contribution >= 0.6 is 0 Å². The highest BCUT2D eigenvalue weighted by atomic mass is 32.2. The quantitative estimate of drug-likeness (QED) is 0.938. The van der Waals surface area contributed by atoms with Crippen LogP contribution in [0.2, 0.25) is 0 Å². The average Bonchev–Trinajstić information content (AvgIpc) is 2.45. The van der Waals surface area contributed by atoms with Crippen LogP contribution in [0.25, 0.3) is 0 Å². The molecule has 0 bridgehead atoms. The van der Waals surface area contributed by atoms with Gasteiger partial charge in [0.25, 0.3) is 0 Å². The second-order valence-corrected chi connectivity index (χ2v) is 6.11. The van der Waals surface area contributed by atoms with Crippen LogP contribution in [0.15, 0.2) is 41.3 Å². The van der Waals surface area contributed by atoms with E-state index in [4.69, 9.17) is 5.26 Å². The van der Waals surface area contributed by atoms with Gasteiger partial charge in [-0.25, -0.2) is 26.3 Å². The third kappa shape index (κ3) is 3.63. The van der Waals surface area contributed by atoms with Crippen molar-refractivity contribution in [1.29, 1.82) is 5.26 Å². The minimum absolute atomic E-state index is 0.000509. The third-order valence-electron chi connectivity index (χ3n) is 2.78. The summed E-state index contributed by atoms with van der Waals surface area (Å²) in [5, 5.41) is 8.61. The van der Waals surface area contributed by atoms with Gasteiger partial charge in [-0.1, -0.05) is 6.07 Å². The molecular weight excluding hydrogens is 317 g/mol. The highest BCUT2D eigenvalue weighted by Crippen LogP contribution is 2.15. The van der Waals surface area contributed by atoms with Crippen molar-refractivity contribution in [2.24, 2.45) is 0 Å². The van der Waals surface area contributed by atoms with Crippen LogP contribution in [0.1, 0.15) is 11.1 Å². The number of nitrogens with zero attached hydrogens (tertiary/aromatic N) is 1. The molecule has 0 unspecified atom stereocenters. The van der Waals surface area contributed by atoms with Crippen molar-refractivity contribution in [2.45, 2.75) is 11.4 Å².